The number of pyridine rings is 1. The lowest BCUT2D eigenvalue weighted by molar-refractivity contribution is 0.581. The maximum absolute atomic E-state index is 11.5. The monoisotopic (exact) mass is 411 g/mol. The summed E-state index contributed by atoms with van der Waals surface area (Å²) in [7, 11) is -3.60. The number of rotatable bonds is 6. The summed E-state index contributed by atoms with van der Waals surface area (Å²) in [5.74, 6) is 1.03. The Morgan fingerprint density at radius 3 is 2.66 bits per heavy atom. The summed E-state index contributed by atoms with van der Waals surface area (Å²) in [6.45, 7) is 2.20. The Kier molecular flexibility index (Phi) is 5.47. The molecule has 0 unspecified atom stereocenters. The van der Waals surface area contributed by atoms with E-state index in [1.54, 1.807) is 4.68 Å². The number of primary sulfonamides is 1. The van der Waals surface area contributed by atoms with Crippen molar-refractivity contribution >= 4 is 10.0 Å². The fourth-order valence-electron chi connectivity index (χ4n) is 3.71. The van der Waals surface area contributed by atoms with Crippen molar-refractivity contribution in [2.75, 3.05) is 5.75 Å². The molecule has 0 bridgehead atoms. The number of benzene rings is 1. The van der Waals surface area contributed by atoms with Crippen LogP contribution in [0.3, 0.4) is 0 Å². The van der Waals surface area contributed by atoms with Gasteiger partial charge in [-0.3, -0.25) is 0 Å². The lowest BCUT2D eigenvalue weighted by Gasteiger charge is -2.15. The second kappa shape index (κ2) is 8.04. The van der Waals surface area contributed by atoms with Crippen molar-refractivity contribution in [3.63, 3.8) is 0 Å². The number of fused-ring (bicyclic) bond motifs is 1. The Bertz CT molecular complexity index is 1140. The highest BCUT2D eigenvalue weighted by Gasteiger charge is 2.18. The van der Waals surface area contributed by atoms with Crippen LogP contribution in [0, 0.1) is 6.92 Å². The van der Waals surface area contributed by atoms with E-state index in [0.29, 0.717) is 18.1 Å². The number of hydrogen-bond acceptors (Lipinski definition) is 5. The van der Waals surface area contributed by atoms with Gasteiger partial charge in [-0.25, -0.2) is 28.2 Å². The van der Waals surface area contributed by atoms with Crippen molar-refractivity contribution in [1.82, 2.24) is 19.7 Å². The van der Waals surface area contributed by atoms with Crippen molar-refractivity contribution < 1.29 is 8.42 Å². The quantitative estimate of drug-likeness (QED) is 0.671. The number of hydrogen-bond donors (Lipinski definition) is 1. The van der Waals surface area contributed by atoms with Crippen LogP contribution in [0.15, 0.2) is 36.4 Å². The van der Waals surface area contributed by atoms with Crippen LogP contribution >= 0.6 is 0 Å². The molecule has 7 nitrogen and oxygen atoms in total. The fourth-order valence-corrected chi connectivity index (χ4v) is 4.14. The minimum atomic E-state index is -3.60. The number of aromatic nitrogens is 4. The third kappa shape index (κ3) is 4.71. The van der Waals surface area contributed by atoms with Gasteiger partial charge in [-0.1, -0.05) is 30.3 Å². The molecule has 0 atom stereocenters. The molecular weight excluding hydrogens is 386 g/mol. The number of sulfonamides is 1. The molecule has 1 aliphatic rings. The summed E-state index contributed by atoms with van der Waals surface area (Å²) >= 11 is 0. The summed E-state index contributed by atoms with van der Waals surface area (Å²) in [6, 6.07) is 12.2. The fraction of sp³-hybridized carbons (Fsp3) is 0.381. The lowest BCUT2D eigenvalue weighted by Crippen LogP contribution is -2.21. The van der Waals surface area contributed by atoms with Crippen LogP contribution in [0.2, 0.25) is 0 Å². The van der Waals surface area contributed by atoms with Gasteiger partial charge in [0.05, 0.1) is 12.3 Å². The van der Waals surface area contributed by atoms with Gasteiger partial charge < -0.3 is 0 Å². The minimum Gasteiger partial charge on any atom is -0.249 e. The highest BCUT2D eigenvalue weighted by molar-refractivity contribution is 7.89. The molecule has 0 saturated heterocycles. The van der Waals surface area contributed by atoms with Crippen LogP contribution in [0.1, 0.15) is 41.1 Å². The Hall–Kier alpha value is -2.58. The molecule has 4 rings (SSSR count). The van der Waals surface area contributed by atoms with Crippen molar-refractivity contribution in [2.24, 2.45) is 5.14 Å². The Morgan fingerprint density at radius 1 is 1.07 bits per heavy atom. The summed E-state index contributed by atoms with van der Waals surface area (Å²) < 4.78 is 24.6. The van der Waals surface area contributed by atoms with Crippen LogP contribution in [0.25, 0.3) is 11.5 Å². The molecule has 2 aromatic heterocycles. The molecule has 8 heteroatoms. The van der Waals surface area contributed by atoms with Crippen LogP contribution in [-0.4, -0.2) is 33.9 Å². The molecule has 0 fully saturated rings. The lowest BCUT2D eigenvalue weighted by atomic mass is 9.96. The van der Waals surface area contributed by atoms with Gasteiger partial charge >= 0.3 is 0 Å². The molecule has 29 heavy (non-hydrogen) atoms. The maximum Gasteiger partial charge on any atom is 0.210 e. The first kappa shape index (κ1) is 19.7. The zero-order valence-corrected chi connectivity index (χ0v) is 17.3. The van der Waals surface area contributed by atoms with Crippen molar-refractivity contribution in [1.29, 1.82) is 0 Å². The van der Waals surface area contributed by atoms with Gasteiger partial charge in [0, 0.05) is 12.1 Å². The van der Waals surface area contributed by atoms with Gasteiger partial charge in [0.15, 0.2) is 11.6 Å². The molecule has 0 amide bonds. The van der Waals surface area contributed by atoms with Gasteiger partial charge in [-0.05, 0) is 55.4 Å². The highest BCUT2D eigenvalue weighted by Crippen LogP contribution is 2.24. The third-order valence-electron chi connectivity index (χ3n) is 5.32. The van der Waals surface area contributed by atoms with E-state index in [2.05, 4.69) is 30.2 Å². The van der Waals surface area contributed by atoms with Crippen LogP contribution in [-0.2, 0) is 35.8 Å². The second-order valence-corrected chi connectivity index (χ2v) is 9.29. The van der Waals surface area contributed by atoms with E-state index in [1.165, 1.54) is 17.5 Å². The largest absolute Gasteiger partial charge is 0.249 e. The van der Waals surface area contributed by atoms with Gasteiger partial charge in [-0.15, -0.1) is 0 Å². The molecule has 0 saturated carbocycles. The van der Waals surface area contributed by atoms with Crippen molar-refractivity contribution in [3.05, 3.63) is 64.6 Å². The molecule has 3 aromatic rings. The first-order valence-electron chi connectivity index (χ1n) is 9.87. The standard InChI is InChI=1S/C21H25N5O2S/c1-15-6-2-3-8-17(15)14-20-24-21(26(25-20)12-13-29(22,27)28)19-11-10-16-7-4-5-9-18(16)23-19/h2-3,6,8,10-11H,4-5,7,9,12-14H2,1H3,(H2,22,27,28). The third-order valence-corrected chi connectivity index (χ3v) is 6.07. The van der Waals surface area contributed by atoms with Gasteiger partial charge in [0.2, 0.25) is 10.0 Å². The molecule has 1 aliphatic carbocycles. The Balaban J connectivity index is 1.70. The summed E-state index contributed by atoms with van der Waals surface area (Å²) in [4.78, 5) is 9.54. The number of nitrogens with two attached hydrogens (primary N) is 1. The normalized spacial score (nSPS) is 14.0. The van der Waals surface area contributed by atoms with E-state index >= 15 is 0 Å². The summed E-state index contributed by atoms with van der Waals surface area (Å²) in [5, 5.41) is 9.79. The van der Waals surface area contributed by atoms with E-state index in [9.17, 15) is 8.42 Å². The topological polar surface area (TPSA) is 104 Å². The molecule has 2 N–H and O–H groups in total. The van der Waals surface area contributed by atoms with Crippen LogP contribution in [0.4, 0.5) is 0 Å². The Labute approximate surface area is 171 Å². The smallest absolute Gasteiger partial charge is 0.210 e. The van der Waals surface area contributed by atoms with Crippen LogP contribution in [0.5, 0.6) is 0 Å². The summed E-state index contributed by atoms with van der Waals surface area (Å²) in [6.07, 6.45) is 4.93. The highest BCUT2D eigenvalue weighted by atomic mass is 32.2. The van der Waals surface area contributed by atoms with E-state index < -0.39 is 10.0 Å². The molecule has 0 aliphatic heterocycles. The van der Waals surface area contributed by atoms with E-state index in [4.69, 9.17) is 15.1 Å². The SMILES string of the molecule is Cc1ccccc1Cc1nc(-c2ccc3c(n2)CCCC3)n(CCS(N)(=O)=O)n1. The maximum atomic E-state index is 11.5. The molecule has 0 radical (unpaired) electrons. The predicted molar refractivity (Wildman–Crippen MR) is 112 cm³/mol. The second-order valence-electron chi connectivity index (χ2n) is 7.55. The molecule has 2 heterocycles. The Morgan fingerprint density at radius 2 is 1.86 bits per heavy atom. The first-order chi connectivity index (χ1) is 13.9. The molecular formula is C21H25N5O2S. The van der Waals surface area contributed by atoms with E-state index in [1.807, 2.05) is 18.2 Å². The zero-order valence-electron chi connectivity index (χ0n) is 16.5. The number of aryl methyl sites for hydroxylation is 4. The average Bonchev–Trinajstić information content (AvgIpc) is 3.10. The van der Waals surface area contributed by atoms with Gasteiger partial charge in [0.25, 0.3) is 0 Å². The van der Waals surface area contributed by atoms with E-state index in [-0.39, 0.29) is 12.3 Å². The van der Waals surface area contributed by atoms with E-state index in [0.717, 1.165) is 36.2 Å². The molecule has 1 aromatic carbocycles. The van der Waals surface area contributed by atoms with Gasteiger partial charge in [-0.2, -0.15) is 5.10 Å². The summed E-state index contributed by atoms with van der Waals surface area (Å²) in [5.41, 5.74) is 5.43. The zero-order chi connectivity index (χ0) is 20.4. The van der Waals surface area contributed by atoms with Crippen molar-refractivity contribution in [3.8, 4) is 11.5 Å². The number of nitrogens with zero attached hydrogens (tertiary/aromatic N) is 4. The minimum absolute atomic E-state index is 0.147. The van der Waals surface area contributed by atoms with Crippen LogP contribution < -0.4 is 5.14 Å². The van der Waals surface area contributed by atoms with Gasteiger partial charge in [0.1, 0.15) is 5.69 Å². The molecule has 152 valence electrons. The molecule has 0 spiro atoms. The first-order valence-corrected chi connectivity index (χ1v) is 11.6. The average molecular weight is 412 g/mol. The van der Waals surface area contributed by atoms with Crippen molar-refractivity contribution in [2.45, 2.75) is 45.6 Å². The predicted octanol–water partition coefficient (Wildman–Crippen LogP) is 2.41.